The second-order valence-electron chi connectivity index (χ2n) is 3.61. The number of ether oxygens (including phenoxy) is 1. The van der Waals surface area contributed by atoms with Gasteiger partial charge in [0.25, 0.3) is 0 Å². The average molecular weight is 301 g/mol. The molecule has 0 aliphatic rings. The molecule has 0 spiro atoms. The summed E-state index contributed by atoms with van der Waals surface area (Å²) < 4.78 is 5.37. The Morgan fingerprint density at radius 2 is 1.94 bits per heavy atom. The molecule has 0 aromatic heterocycles. The molecule has 1 aromatic carbocycles. The molecule has 1 N–H and O–H groups in total. The van der Waals surface area contributed by atoms with E-state index >= 15 is 0 Å². The van der Waals surface area contributed by atoms with Gasteiger partial charge in [-0.25, -0.2) is 0 Å². The van der Waals surface area contributed by atoms with Crippen LogP contribution in [-0.2, 0) is 27.2 Å². The van der Waals surface area contributed by atoms with Gasteiger partial charge >= 0.3 is 11.9 Å². The molecule has 0 aliphatic carbocycles. The van der Waals surface area contributed by atoms with Gasteiger partial charge in [-0.05, 0) is 29.7 Å². The summed E-state index contributed by atoms with van der Waals surface area (Å²) in [6.45, 7) is 0. The summed E-state index contributed by atoms with van der Waals surface area (Å²) in [5, 5.41) is 8.72. The molecule has 0 bridgehead atoms. The van der Waals surface area contributed by atoms with Gasteiger partial charge in [0.1, 0.15) is 0 Å². The molecule has 92 valence electrons. The number of halogens is 1. The maximum atomic E-state index is 11.0. The lowest BCUT2D eigenvalue weighted by molar-refractivity contribution is -0.140. The smallest absolute Gasteiger partial charge is 0.307 e. The number of carboxylic acids is 1. The average Bonchev–Trinajstić information content (AvgIpc) is 2.24. The van der Waals surface area contributed by atoms with Crippen LogP contribution in [0.3, 0.4) is 0 Å². The van der Waals surface area contributed by atoms with Crippen molar-refractivity contribution >= 4 is 27.9 Å². The van der Waals surface area contributed by atoms with Crippen molar-refractivity contribution < 1.29 is 19.4 Å². The Hall–Kier alpha value is -1.36. The molecule has 0 amide bonds. The maximum Gasteiger partial charge on any atom is 0.307 e. The van der Waals surface area contributed by atoms with Crippen molar-refractivity contribution in [2.24, 2.45) is 0 Å². The summed E-state index contributed by atoms with van der Waals surface area (Å²) in [5.74, 6) is -1.15. The first-order chi connectivity index (χ1) is 8.01. The summed E-state index contributed by atoms with van der Waals surface area (Å²) in [6, 6.07) is 5.42. The first kappa shape index (κ1) is 13.7. The van der Waals surface area contributed by atoms with Crippen molar-refractivity contribution in [3.63, 3.8) is 0 Å². The van der Waals surface area contributed by atoms with E-state index in [1.165, 1.54) is 7.11 Å². The second kappa shape index (κ2) is 6.39. The minimum atomic E-state index is -0.873. The van der Waals surface area contributed by atoms with Crippen molar-refractivity contribution in [2.45, 2.75) is 19.3 Å². The third-order valence-corrected chi connectivity index (χ3v) is 2.68. The number of carbonyl (C=O) groups excluding carboxylic acids is 1. The Balaban J connectivity index is 2.75. The molecule has 0 aliphatic heterocycles. The van der Waals surface area contributed by atoms with Gasteiger partial charge in [0.2, 0.25) is 0 Å². The van der Waals surface area contributed by atoms with Crippen molar-refractivity contribution in [1.29, 1.82) is 0 Å². The van der Waals surface area contributed by atoms with Crippen molar-refractivity contribution in [1.82, 2.24) is 0 Å². The Morgan fingerprint density at radius 3 is 2.53 bits per heavy atom. The monoisotopic (exact) mass is 300 g/mol. The van der Waals surface area contributed by atoms with E-state index in [0.717, 1.165) is 10.0 Å². The highest BCUT2D eigenvalue weighted by atomic mass is 79.9. The van der Waals surface area contributed by atoms with Crippen LogP contribution in [0, 0.1) is 0 Å². The zero-order valence-electron chi connectivity index (χ0n) is 9.40. The van der Waals surface area contributed by atoms with Gasteiger partial charge in [-0.3, -0.25) is 9.59 Å². The Bertz CT molecular complexity index is 429. The van der Waals surface area contributed by atoms with Crippen molar-refractivity contribution in [3.8, 4) is 0 Å². The highest BCUT2D eigenvalue weighted by Gasteiger charge is 2.06. The number of carbonyl (C=O) groups is 2. The SMILES string of the molecule is COC(=O)CCc1cc(Br)cc(CC(=O)O)c1. The van der Waals surface area contributed by atoms with Crippen LogP contribution in [0.1, 0.15) is 17.5 Å². The first-order valence-corrected chi connectivity index (χ1v) is 5.87. The lowest BCUT2D eigenvalue weighted by atomic mass is 10.0. The van der Waals surface area contributed by atoms with E-state index in [1.807, 2.05) is 6.07 Å². The zero-order chi connectivity index (χ0) is 12.8. The largest absolute Gasteiger partial charge is 0.481 e. The predicted octanol–water partition coefficient (Wildman–Crippen LogP) is 2.18. The molecule has 0 saturated heterocycles. The number of esters is 1. The van der Waals surface area contributed by atoms with E-state index in [4.69, 9.17) is 5.11 Å². The summed E-state index contributed by atoms with van der Waals surface area (Å²) in [6.07, 6.45) is 0.808. The van der Waals surface area contributed by atoms with Gasteiger partial charge in [0.05, 0.1) is 13.5 Å². The normalized spacial score (nSPS) is 10.0. The Kier molecular flexibility index (Phi) is 5.15. The van der Waals surface area contributed by atoms with Crippen molar-refractivity contribution in [3.05, 3.63) is 33.8 Å². The molecule has 0 saturated carbocycles. The predicted molar refractivity (Wildman–Crippen MR) is 65.8 cm³/mol. The van der Waals surface area contributed by atoms with Crippen LogP contribution in [0.25, 0.3) is 0 Å². The van der Waals surface area contributed by atoms with E-state index in [2.05, 4.69) is 20.7 Å². The van der Waals surface area contributed by atoms with E-state index < -0.39 is 5.97 Å². The van der Waals surface area contributed by atoms with Crippen LogP contribution >= 0.6 is 15.9 Å². The van der Waals surface area contributed by atoms with Gasteiger partial charge in [-0.15, -0.1) is 0 Å². The highest BCUT2D eigenvalue weighted by molar-refractivity contribution is 9.10. The third-order valence-electron chi connectivity index (χ3n) is 2.22. The topological polar surface area (TPSA) is 63.6 Å². The van der Waals surface area contributed by atoms with E-state index in [-0.39, 0.29) is 12.4 Å². The summed E-state index contributed by atoms with van der Waals surface area (Å²) in [5.41, 5.74) is 1.63. The molecular weight excluding hydrogens is 288 g/mol. The Morgan fingerprint density at radius 1 is 1.29 bits per heavy atom. The number of hydrogen-bond acceptors (Lipinski definition) is 3. The zero-order valence-corrected chi connectivity index (χ0v) is 11.0. The highest BCUT2D eigenvalue weighted by Crippen LogP contribution is 2.17. The molecule has 1 aromatic rings. The van der Waals surface area contributed by atoms with Gasteiger partial charge in [0, 0.05) is 10.9 Å². The number of rotatable bonds is 5. The number of carboxylic acid groups (broad SMARTS) is 1. The van der Waals surface area contributed by atoms with E-state index in [1.54, 1.807) is 12.1 Å². The molecule has 1 rings (SSSR count). The number of benzene rings is 1. The van der Waals surface area contributed by atoms with Crippen LogP contribution in [0.2, 0.25) is 0 Å². The van der Waals surface area contributed by atoms with Crippen LogP contribution in [-0.4, -0.2) is 24.2 Å². The number of hydrogen-bond donors (Lipinski definition) is 1. The molecule has 0 heterocycles. The van der Waals surface area contributed by atoms with Gasteiger partial charge in [0.15, 0.2) is 0 Å². The fourth-order valence-electron chi connectivity index (χ4n) is 1.49. The van der Waals surface area contributed by atoms with Gasteiger partial charge < -0.3 is 9.84 Å². The first-order valence-electron chi connectivity index (χ1n) is 5.08. The molecule has 0 atom stereocenters. The summed E-state index contributed by atoms with van der Waals surface area (Å²) in [7, 11) is 1.35. The number of methoxy groups -OCH3 is 1. The Labute approximate surface area is 108 Å². The number of aliphatic carboxylic acids is 1. The van der Waals surface area contributed by atoms with Crippen LogP contribution in [0.5, 0.6) is 0 Å². The van der Waals surface area contributed by atoms with Crippen molar-refractivity contribution in [2.75, 3.05) is 7.11 Å². The third kappa shape index (κ3) is 4.99. The van der Waals surface area contributed by atoms with Gasteiger partial charge in [-0.1, -0.05) is 22.0 Å². The summed E-state index contributed by atoms with van der Waals surface area (Å²) in [4.78, 5) is 21.6. The minimum Gasteiger partial charge on any atom is -0.481 e. The quantitative estimate of drug-likeness (QED) is 0.847. The molecular formula is C12H13BrO4. The molecule has 0 radical (unpaired) electrons. The molecule has 5 heteroatoms. The van der Waals surface area contributed by atoms with Crippen LogP contribution in [0.4, 0.5) is 0 Å². The summed E-state index contributed by atoms with van der Waals surface area (Å²) >= 11 is 3.32. The van der Waals surface area contributed by atoms with Crippen LogP contribution < -0.4 is 0 Å². The second-order valence-corrected chi connectivity index (χ2v) is 4.53. The van der Waals surface area contributed by atoms with E-state index in [0.29, 0.717) is 18.4 Å². The van der Waals surface area contributed by atoms with Gasteiger partial charge in [-0.2, -0.15) is 0 Å². The molecule has 0 unspecified atom stereocenters. The fourth-order valence-corrected chi connectivity index (χ4v) is 2.07. The molecule has 4 nitrogen and oxygen atoms in total. The lowest BCUT2D eigenvalue weighted by Crippen LogP contribution is -2.04. The minimum absolute atomic E-state index is 0.0232. The number of aryl methyl sites for hydroxylation is 1. The molecule has 0 fully saturated rings. The lowest BCUT2D eigenvalue weighted by Gasteiger charge is -2.05. The molecule has 17 heavy (non-hydrogen) atoms. The fraction of sp³-hybridized carbons (Fsp3) is 0.333. The van der Waals surface area contributed by atoms with E-state index in [9.17, 15) is 9.59 Å². The van der Waals surface area contributed by atoms with Crippen LogP contribution in [0.15, 0.2) is 22.7 Å². The maximum absolute atomic E-state index is 11.0. The standard InChI is InChI=1S/C12H13BrO4/c1-17-12(16)3-2-8-4-9(7-11(14)15)6-10(13)5-8/h4-6H,2-3,7H2,1H3,(H,14,15).